The molecule has 9 heteroatoms. The Bertz CT molecular complexity index is 394. The van der Waals surface area contributed by atoms with Crippen molar-refractivity contribution in [3.05, 3.63) is 0 Å². The Balaban J connectivity index is 2.22. The summed E-state index contributed by atoms with van der Waals surface area (Å²) in [5.41, 5.74) is 5.07. The highest BCUT2D eigenvalue weighted by atomic mass is 31.1. The van der Waals surface area contributed by atoms with Gasteiger partial charge in [-0.2, -0.15) is 0 Å². The normalized spacial score (nSPS) is 20.2. The fraction of sp³-hybridized carbons (Fsp3) is 0.846. The molecule has 0 aromatic carbocycles. The van der Waals surface area contributed by atoms with Crippen LogP contribution in [-0.2, 0) is 14.2 Å². The molecule has 0 aromatic rings. The summed E-state index contributed by atoms with van der Waals surface area (Å²) in [5, 5.41) is 11.1. The summed E-state index contributed by atoms with van der Waals surface area (Å²) in [4.78, 5) is 23.4. The second-order valence-electron chi connectivity index (χ2n) is 5.28. The zero-order valence-electron chi connectivity index (χ0n) is 13.1. The van der Waals surface area contributed by atoms with Gasteiger partial charge in [0.15, 0.2) is 6.17 Å². The van der Waals surface area contributed by atoms with Gasteiger partial charge in [0.25, 0.3) is 17.5 Å². The lowest BCUT2D eigenvalue weighted by molar-refractivity contribution is -0.123. The fourth-order valence-electron chi connectivity index (χ4n) is 2.10. The fourth-order valence-corrected chi connectivity index (χ4v) is 3.39. The molecular weight excluding hydrogens is 305 g/mol. The Morgan fingerprint density at radius 2 is 2.23 bits per heavy atom. The van der Waals surface area contributed by atoms with Gasteiger partial charge in [0.2, 0.25) is 0 Å². The lowest BCUT2D eigenvalue weighted by Crippen LogP contribution is -2.50. The third-order valence-electron chi connectivity index (χ3n) is 3.34. The summed E-state index contributed by atoms with van der Waals surface area (Å²) in [7, 11) is -2.05. The molecule has 0 saturated carbocycles. The first-order chi connectivity index (χ1) is 10.6. The van der Waals surface area contributed by atoms with E-state index in [9.17, 15) is 14.2 Å². The average Bonchev–Trinajstić information content (AvgIpc) is 2.50. The topological polar surface area (TPSA) is 125 Å². The Kier molecular flexibility index (Phi) is 9.15. The number of carbonyl (C=O) groups is 2. The van der Waals surface area contributed by atoms with Gasteiger partial charge in [0.1, 0.15) is 0 Å². The van der Waals surface area contributed by atoms with Crippen LogP contribution >= 0.6 is 7.95 Å². The van der Waals surface area contributed by atoms with Crippen LogP contribution in [0, 0.1) is 0 Å². The van der Waals surface area contributed by atoms with Crippen LogP contribution in [0.1, 0.15) is 32.6 Å². The smallest absolute Gasteiger partial charge is 0.353 e. The molecule has 0 radical (unpaired) electrons. The number of hydrogen-bond donors (Lipinski definition) is 5. The first kappa shape index (κ1) is 19.0. The third kappa shape index (κ3) is 6.79. The van der Waals surface area contributed by atoms with E-state index in [1.807, 2.05) is 0 Å². The number of nitrogens with one attached hydrogen (secondary N) is 4. The van der Waals surface area contributed by atoms with E-state index in [1.54, 1.807) is 0 Å². The number of nitrogens with two attached hydrogens (primary N) is 1. The van der Waals surface area contributed by atoms with Crippen molar-refractivity contribution in [2.75, 3.05) is 26.2 Å². The number of hydrogen-bond acceptors (Lipinski definition) is 5. The zero-order chi connectivity index (χ0) is 16.4. The zero-order valence-corrected chi connectivity index (χ0v) is 14.0. The van der Waals surface area contributed by atoms with Crippen LogP contribution in [0.5, 0.6) is 0 Å². The molecule has 1 fully saturated rings. The molecule has 0 spiro atoms. The predicted octanol–water partition coefficient (Wildman–Crippen LogP) is -0.612. The van der Waals surface area contributed by atoms with Crippen molar-refractivity contribution in [2.24, 2.45) is 5.73 Å². The number of carbonyl (C=O) groups excluding carboxylic acids is 2. The number of piperidine rings is 1. The summed E-state index contributed by atoms with van der Waals surface area (Å²) in [6.07, 6.45) is 2.14. The molecule has 126 valence electrons. The Morgan fingerprint density at radius 3 is 2.91 bits per heavy atom. The van der Waals surface area contributed by atoms with Gasteiger partial charge >= 0.3 is 7.95 Å². The van der Waals surface area contributed by atoms with Crippen molar-refractivity contribution < 1.29 is 14.2 Å². The van der Waals surface area contributed by atoms with Crippen LogP contribution < -0.4 is 26.8 Å². The molecule has 0 aliphatic carbocycles. The van der Waals surface area contributed by atoms with E-state index in [0.717, 1.165) is 32.4 Å². The van der Waals surface area contributed by atoms with E-state index in [1.165, 1.54) is 0 Å². The van der Waals surface area contributed by atoms with Crippen molar-refractivity contribution in [2.45, 2.75) is 44.4 Å². The maximum atomic E-state index is 12.1. The molecular formula is C13H27N5O3P+. The summed E-state index contributed by atoms with van der Waals surface area (Å²) in [6.45, 7) is 4.99. The van der Waals surface area contributed by atoms with Crippen LogP contribution in [0.2, 0.25) is 0 Å². The monoisotopic (exact) mass is 332 g/mol. The molecule has 3 atom stereocenters. The van der Waals surface area contributed by atoms with Gasteiger partial charge in [-0.05, 0) is 36.9 Å². The highest BCUT2D eigenvalue weighted by Gasteiger charge is 2.41. The molecule has 2 amide bonds. The van der Waals surface area contributed by atoms with Gasteiger partial charge in [-0.3, -0.25) is 9.59 Å². The van der Waals surface area contributed by atoms with Crippen molar-refractivity contribution in [1.29, 1.82) is 0 Å². The second kappa shape index (κ2) is 10.6. The summed E-state index contributed by atoms with van der Waals surface area (Å²) >= 11 is 0. The summed E-state index contributed by atoms with van der Waals surface area (Å²) in [5.74, 6) is -0.649. The predicted molar refractivity (Wildman–Crippen MR) is 85.5 cm³/mol. The maximum absolute atomic E-state index is 12.1. The van der Waals surface area contributed by atoms with Gasteiger partial charge < -0.3 is 21.7 Å². The molecule has 6 N–H and O–H groups in total. The van der Waals surface area contributed by atoms with Crippen LogP contribution in [-0.4, -0.2) is 49.8 Å². The minimum Gasteiger partial charge on any atom is -0.353 e. The molecule has 0 bridgehead atoms. The standard InChI is InChI=1S/C13H26N5O3P/c1-2-6-15-7-4-9-17-13(20)11(14)18-22(21)10-5-3-8-16-12(10)19/h10-11,15H,2-9,14H2,1H3,(H2-,16,17,18,19,20,21)/p+1/t10-,11?/m0/s1. The van der Waals surface area contributed by atoms with Gasteiger partial charge in [0.05, 0.1) is 0 Å². The maximum Gasteiger partial charge on any atom is 0.447 e. The number of rotatable bonds is 10. The first-order valence-corrected chi connectivity index (χ1v) is 9.13. The van der Waals surface area contributed by atoms with E-state index in [2.05, 4.69) is 28.0 Å². The molecule has 1 rings (SSSR count). The first-order valence-electron chi connectivity index (χ1n) is 7.80. The van der Waals surface area contributed by atoms with Gasteiger partial charge in [-0.1, -0.05) is 12.0 Å². The molecule has 1 aliphatic heterocycles. The van der Waals surface area contributed by atoms with E-state index in [-0.39, 0.29) is 5.91 Å². The van der Waals surface area contributed by atoms with E-state index < -0.39 is 25.7 Å². The van der Waals surface area contributed by atoms with Gasteiger partial charge in [0, 0.05) is 19.5 Å². The van der Waals surface area contributed by atoms with Crippen molar-refractivity contribution in [1.82, 2.24) is 21.0 Å². The van der Waals surface area contributed by atoms with Crippen LogP contribution in [0.25, 0.3) is 0 Å². The molecule has 2 unspecified atom stereocenters. The lowest BCUT2D eigenvalue weighted by atomic mass is 10.1. The minimum absolute atomic E-state index is 0.241. The molecule has 1 aliphatic rings. The average molecular weight is 332 g/mol. The van der Waals surface area contributed by atoms with Crippen molar-refractivity contribution in [3.8, 4) is 0 Å². The lowest BCUT2D eigenvalue weighted by Gasteiger charge is -2.15. The van der Waals surface area contributed by atoms with E-state index in [0.29, 0.717) is 19.5 Å². The molecule has 8 nitrogen and oxygen atoms in total. The van der Waals surface area contributed by atoms with Crippen LogP contribution in [0.15, 0.2) is 0 Å². The van der Waals surface area contributed by atoms with Crippen LogP contribution in [0.3, 0.4) is 0 Å². The van der Waals surface area contributed by atoms with E-state index in [4.69, 9.17) is 5.73 Å². The largest absolute Gasteiger partial charge is 0.447 e. The Hall–Kier alpha value is -1.08. The van der Waals surface area contributed by atoms with E-state index >= 15 is 0 Å². The molecule has 1 saturated heterocycles. The quantitative estimate of drug-likeness (QED) is 0.206. The van der Waals surface area contributed by atoms with Crippen molar-refractivity contribution >= 4 is 19.8 Å². The SMILES string of the molecule is CCCNCCCNC(=O)C(N)N[P+](=O)[C@H]1CCCNC1=O. The highest BCUT2D eigenvalue weighted by molar-refractivity contribution is 7.44. The highest BCUT2D eigenvalue weighted by Crippen LogP contribution is 2.29. The number of amides is 2. The molecule has 1 heterocycles. The van der Waals surface area contributed by atoms with Crippen LogP contribution in [0.4, 0.5) is 0 Å². The molecule has 22 heavy (non-hydrogen) atoms. The second-order valence-corrected chi connectivity index (χ2v) is 6.81. The van der Waals surface area contributed by atoms with Gasteiger partial charge in [-0.15, -0.1) is 0 Å². The Morgan fingerprint density at radius 1 is 1.45 bits per heavy atom. The Labute approximate surface area is 132 Å². The summed E-state index contributed by atoms with van der Waals surface area (Å²) < 4.78 is 12.1. The summed E-state index contributed by atoms with van der Waals surface area (Å²) in [6, 6.07) is 0. The minimum atomic E-state index is -2.05. The van der Waals surface area contributed by atoms with Crippen molar-refractivity contribution in [3.63, 3.8) is 0 Å². The van der Waals surface area contributed by atoms with Gasteiger partial charge in [-0.25, -0.2) is 0 Å². The third-order valence-corrected chi connectivity index (χ3v) is 4.94. The molecule has 0 aromatic heterocycles.